The molecule has 0 saturated carbocycles. The summed E-state index contributed by atoms with van der Waals surface area (Å²) in [6.07, 6.45) is 38.3. The maximum Gasteiger partial charge on any atom is 0.171 e. The van der Waals surface area contributed by atoms with Gasteiger partial charge in [0.15, 0.2) is 9.76 Å². The Bertz CT molecular complexity index is 962. The lowest BCUT2D eigenvalue weighted by Gasteiger charge is -2.29. The minimum atomic E-state index is -1.40. The Kier molecular flexibility index (Phi) is 27.3. The van der Waals surface area contributed by atoms with E-state index in [0.717, 1.165) is 48.7 Å². The molecule has 0 radical (unpaired) electrons. The summed E-state index contributed by atoms with van der Waals surface area (Å²) in [5, 5.41) is -0.386. The maximum atomic E-state index is 10.8. The van der Waals surface area contributed by atoms with Gasteiger partial charge in [-0.3, -0.25) is 0 Å². The van der Waals surface area contributed by atoms with Crippen LogP contribution in [0.4, 0.5) is 0 Å². The fraction of sp³-hybridized carbons (Fsp3) is 0.739. The van der Waals surface area contributed by atoms with E-state index in [-0.39, 0.29) is 5.04 Å². The van der Waals surface area contributed by atoms with Crippen molar-refractivity contribution < 1.29 is 14.3 Å². The van der Waals surface area contributed by atoms with Crippen molar-refractivity contribution in [3.8, 4) is 11.5 Å². The normalized spacial score (nSPS) is 11.9. The summed E-state index contributed by atoms with van der Waals surface area (Å²) in [4.78, 5) is 10.8. The predicted molar refractivity (Wildman–Crippen MR) is 222 cm³/mol. The van der Waals surface area contributed by atoms with Crippen LogP contribution in [-0.4, -0.2) is 27.8 Å². The van der Waals surface area contributed by atoms with Crippen LogP contribution in [0.2, 0.25) is 0 Å². The van der Waals surface area contributed by atoms with E-state index in [4.69, 9.17) is 9.47 Å². The molecule has 2 rings (SSSR count). The van der Waals surface area contributed by atoms with Gasteiger partial charge in [0.25, 0.3) is 0 Å². The van der Waals surface area contributed by atoms with Gasteiger partial charge >= 0.3 is 0 Å². The molecule has 4 heteroatoms. The molecule has 50 heavy (non-hydrogen) atoms. The fourth-order valence-electron chi connectivity index (χ4n) is 7.18. The van der Waals surface area contributed by atoms with E-state index in [0.29, 0.717) is 0 Å². The zero-order valence-electron chi connectivity index (χ0n) is 33.3. The molecule has 0 bridgehead atoms. The number of hydrogen-bond donors (Lipinski definition) is 1. The first-order valence-electron chi connectivity index (χ1n) is 21.7. The highest BCUT2D eigenvalue weighted by molar-refractivity contribution is 6.32. The molecule has 2 aromatic carbocycles. The van der Waals surface area contributed by atoms with E-state index in [1.54, 1.807) is 0 Å². The van der Waals surface area contributed by atoms with Crippen LogP contribution in [-0.2, 0) is 5.04 Å². The summed E-state index contributed by atoms with van der Waals surface area (Å²) in [7, 11) is -1.40. The minimum Gasteiger partial charge on any atom is -0.494 e. The molecule has 1 N–H and O–H groups in total. The second-order valence-corrected chi connectivity index (χ2v) is 17.2. The summed E-state index contributed by atoms with van der Waals surface area (Å²) < 4.78 is 12.4. The molecule has 0 aliphatic rings. The van der Waals surface area contributed by atoms with Gasteiger partial charge in [0.2, 0.25) is 0 Å². The van der Waals surface area contributed by atoms with Crippen molar-refractivity contribution in [2.75, 3.05) is 13.2 Å². The van der Waals surface area contributed by atoms with Gasteiger partial charge in [0.1, 0.15) is 11.5 Å². The summed E-state index contributed by atoms with van der Waals surface area (Å²) in [6, 6.07) is 16.9. The standard InChI is InChI=1S/C46H80O3Si/c1-4-6-8-10-12-14-16-18-20-22-24-26-28-30-38-48-44-36-32-34-42(40-44)46(3,50-47)43-35-33-37-45(41-43)49-39-31-29-27-25-23-21-19-17-15-13-11-9-7-5-2/h32-37,40-41,47H,4-31,38-39,50H2,1-3H3. The third kappa shape index (κ3) is 20.9. The largest absolute Gasteiger partial charge is 0.494 e. The molecule has 0 heterocycles. The molecule has 0 fully saturated rings. The van der Waals surface area contributed by atoms with Crippen LogP contribution in [0, 0.1) is 0 Å². The van der Waals surface area contributed by atoms with Crippen molar-refractivity contribution in [1.29, 1.82) is 0 Å². The van der Waals surface area contributed by atoms with E-state index in [1.807, 2.05) is 0 Å². The third-order valence-corrected chi connectivity index (χ3v) is 12.2. The lowest BCUT2D eigenvalue weighted by atomic mass is 9.91. The average molecular weight is 709 g/mol. The Hall–Kier alpha value is -1.78. The van der Waals surface area contributed by atoms with Gasteiger partial charge in [-0.15, -0.1) is 0 Å². The van der Waals surface area contributed by atoms with E-state index < -0.39 is 9.76 Å². The fourth-order valence-corrected chi connectivity index (χ4v) is 7.99. The van der Waals surface area contributed by atoms with E-state index in [1.165, 1.54) is 167 Å². The highest BCUT2D eigenvalue weighted by Gasteiger charge is 2.30. The van der Waals surface area contributed by atoms with Gasteiger partial charge in [-0.2, -0.15) is 0 Å². The van der Waals surface area contributed by atoms with Crippen molar-refractivity contribution in [2.24, 2.45) is 0 Å². The van der Waals surface area contributed by atoms with E-state index in [9.17, 15) is 4.80 Å². The third-order valence-electron chi connectivity index (χ3n) is 10.8. The molecule has 3 nitrogen and oxygen atoms in total. The summed E-state index contributed by atoms with van der Waals surface area (Å²) in [6.45, 7) is 8.28. The first-order valence-corrected chi connectivity index (χ1v) is 23.1. The van der Waals surface area contributed by atoms with Gasteiger partial charge < -0.3 is 14.3 Å². The van der Waals surface area contributed by atoms with Crippen LogP contribution >= 0.6 is 0 Å². The quantitative estimate of drug-likeness (QED) is 0.0572. The van der Waals surface area contributed by atoms with Crippen LogP contribution in [0.15, 0.2) is 48.5 Å². The lowest BCUT2D eigenvalue weighted by molar-refractivity contribution is 0.303. The van der Waals surface area contributed by atoms with Crippen LogP contribution in [0.25, 0.3) is 0 Å². The Labute approximate surface area is 313 Å². The average Bonchev–Trinajstić information content (AvgIpc) is 3.14. The molecule has 0 aliphatic heterocycles. The molecule has 0 aliphatic carbocycles. The topological polar surface area (TPSA) is 38.7 Å². The number of unbranched alkanes of at least 4 members (excludes halogenated alkanes) is 26. The van der Waals surface area contributed by atoms with Crippen molar-refractivity contribution >= 4 is 9.76 Å². The monoisotopic (exact) mass is 709 g/mol. The number of benzene rings is 2. The molecular weight excluding hydrogens is 629 g/mol. The predicted octanol–water partition coefficient (Wildman–Crippen LogP) is 13.7. The first kappa shape index (κ1) is 44.4. The Balaban J connectivity index is 1.60. The smallest absolute Gasteiger partial charge is 0.171 e. The molecule has 286 valence electrons. The highest BCUT2D eigenvalue weighted by atomic mass is 28.2. The second kappa shape index (κ2) is 30.8. The molecule has 2 aromatic rings. The summed E-state index contributed by atoms with van der Waals surface area (Å²) >= 11 is 0. The molecule has 0 amide bonds. The van der Waals surface area contributed by atoms with Crippen molar-refractivity contribution in [3.63, 3.8) is 0 Å². The molecule has 0 unspecified atom stereocenters. The Morgan fingerprint density at radius 1 is 0.440 bits per heavy atom. The Morgan fingerprint density at radius 3 is 1.00 bits per heavy atom. The SMILES string of the molecule is CCCCCCCCCCCCCCCCOc1cccc(C(C)([SiH2]O)c2cccc(OCCCCCCCCCCCCCCCC)c2)c1. The van der Waals surface area contributed by atoms with Gasteiger partial charge in [-0.05, 0) is 48.2 Å². The van der Waals surface area contributed by atoms with Crippen LogP contribution in [0.1, 0.15) is 212 Å². The summed E-state index contributed by atoms with van der Waals surface area (Å²) in [5.74, 6) is 1.83. The zero-order valence-corrected chi connectivity index (χ0v) is 34.7. The number of rotatable bonds is 35. The number of hydrogen-bond acceptors (Lipinski definition) is 3. The van der Waals surface area contributed by atoms with E-state index >= 15 is 0 Å². The minimum absolute atomic E-state index is 0.386. The zero-order chi connectivity index (χ0) is 35.8. The van der Waals surface area contributed by atoms with Crippen LogP contribution in [0.5, 0.6) is 11.5 Å². The van der Waals surface area contributed by atoms with Gasteiger partial charge in [0, 0.05) is 5.04 Å². The molecule has 0 aromatic heterocycles. The van der Waals surface area contributed by atoms with Gasteiger partial charge in [-0.1, -0.05) is 212 Å². The van der Waals surface area contributed by atoms with Crippen LogP contribution in [0.3, 0.4) is 0 Å². The lowest BCUT2D eigenvalue weighted by Crippen LogP contribution is -2.31. The molecule has 0 atom stereocenters. The van der Waals surface area contributed by atoms with E-state index in [2.05, 4.69) is 69.3 Å². The molecule has 0 saturated heterocycles. The van der Waals surface area contributed by atoms with Crippen LogP contribution < -0.4 is 9.47 Å². The van der Waals surface area contributed by atoms with Gasteiger partial charge in [-0.25, -0.2) is 0 Å². The highest BCUT2D eigenvalue weighted by Crippen LogP contribution is 2.34. The first-order chi connectivity index (χ1) is 24.6. The van der Waals surface area contributed by atoms with Crippen molar-refractivity contribution in [2.45, 2.75) is 206 Å². The summed E-state index contributed by atoms with van der Waals surface area (Å²) in [5.41, 5.74) is 2.27. The van der Waals surface area contributed by atoms with Gasteiger partial charge in [0.05, 0.1) is 13.2 Å². The van der Waals surface area contributed by atoms with Crippen molar-refractivity contribution in [3.05, 3.63) is 59.7 Å². The molecule has 0 spiro atoms. The number of ether oxygens (including phenoxy) is 2. The molecular formula is C46H80O3Si. The van der Waals surface area contributed by atoms with Crippen molar-refractivity contribution in [1.82, 2.24) is 0 Å². The Morgan fingerprint density at radius 2 is 0.720 bits per heavy atom. The second-order valence-electron chi connectivity index (χ2n) is 15.4. The maximum absolute atomic E-state index is 10.8.